The number of aromatic nitrogens is 1. The van der Waals surface area contributed by atoms with Crippen molar-refractivity contribution in [2.24, 2.45) is 0 Å². The largest absolute Gasteiger partial charge is 0.383 e. The van der Waals surface area contributed by atoms with E-state index in [0.29, 0.717) is 25.5 Å². The van der Waals surface area contributed by atoms with Gasteiger partial charge >= 0.3 is 0 Å². The third kappa shape index (κ3) is 4.07. The van der Waals surface area contributed by atoms with E-state index >= 15 is 0 Å². The molecule has 124 valence electrons. The van der Waals surface area contributed by atoms with Crippen molar-refractivity contribution >= 4 is 5.69 Å². The zero-order valence-corrected chi connectivity index (χ0v) is 13.3. The van der Waals surface area contributed by atoms with Gasteiger partial charge in [-0.25, -0.2) is 9.37 Å². The zero-order chi connectivity index (χ0) is 16.8. The third-order valence-corrected chi connectivity index (χ3v) is 4.09. The summed E-state index contributed by atoms with van der Waals surface area (Å²) in [5.41, 5.74) is 2.13. The van der Waals surface area contributed by atoms with Crippen LogP contribution >= 0.6 is 0 Å². The Bertz CT molecular complexity index is 725. The fourth-order valence-corrected chi connectivity index (χ4v) is 2.88. The summed E-state index contributed by atoms with van der Waals surface area (Å²) in [6, 6.07) is 12.3. The molecule has 24 heavy (non-hydrogen) atoms. The summed E-state index contributed by atoms with van der Waals surface area (Å²) in [6.07, 6.45) is 1.60. The molecular weight excluding hydrogens is 307 g/mol. The monoisotopic (exact) mass is 326 g/mol. The molecule has 1 aromatic heterocycles. The SMILES string of the molecule is N#Cc1cc(NC[C@H](c2cccc(F)c2)N2CCOCC2)ccn1. The Morgan fingerprint density at radius 2 is 2.12 bits per heavy atom. The van der Waals surface area contributed by atoms with Crippen molar-refractivity contribution in [2.75, 3.05) is 38.2 Å². The van der Waals surface area contributed by atoms with Crippen LogP contribution < -0.4 is 5.32 Å². The van der Waals surface area contributed by atoms with Crippen LogP contribution in [0.5, 0.6) is 0 Å². The second-order valence-corrected chi connectivity index (χ2v) is 5.64. The molecule has 1 aliphatic heterocycles. The van der Waals surface area contributed by atoms with Gasteiger partial charge in [0.25, 0.3) is 0 Å². The Kier molecular flexibility index (Phi) is 5.36. The highest BCUT2D eigenvalue weighted by molar-refractivity contribution is 5.46. The second kappa shape index (κ2) is 7.86. The maximum absolute atomic E-state index is 13.6. The predicted octanol–water partition coefficient (Wildman–Crippen LogP) is 2.58. The average molecular weight is 326 g/mol. The highest BCUT2D eigenvalue weighted by Gasteiger charge is 2.22. The summed E-state index contributed by atoms with van der Waals surface area (Å²) in [7, 11) is 0. The second-order valence-electron chi connectivity index (χ2n) is 5.64. The van der Waals surface area contributed by atoms with Crippen LogP contribution in [-0.2, 0) is 4.74 Å². The van der Waals surface area contributed by atoms with Gasteiger partial charge in [-0.05, 0) is 29.8 Å². The van der Waals surface area contributed by atoms with Gasteiger partial charge in [-0.3, -0.25) is 4.90 Å². The number of rotatable bonds is 5. The highest BCUT2D eigenvalue weighted by Crippen LogP contribution is 2.23. The first kappa shape index (κ1) is 16.4. The minimum atomic E-state index is -0.235. The Morgan fingerprint density at radius 3 is 2.88 bits per heavy atom. The molecule has 2 heterocycles. The summed E-state index contributed by atoms with van der Waals surface area (Å²) in [5, 5.41) is 12.3. The number of benzene rings is 1. The molecule has 0 saturated carbocycles. The minimum Gasteiger partial charge on any atom is -0.383 e. The Balaban J connectivity index is 1.77. The fraction of sp³-hybridized carbons (Fsp3) is 0.333. The van der Waals surface area contributed by atoms with Gasteiger partial charge in [0, 0.05) is 31.5 Å². The summed E-state index contributed by atoms with van der Waals surface area (Å²) >= 11 is 0. The van der Waals surface area contributed by atoms with E-state index in [2.05, 4.69) is 15.2 Å². The minimum absolute atomic E-state index is 0.0308. The topological polar surface area (TPSA) is 61.2 Å². The normalized spacial score (nSPS) is 16.3. The molecule has 2 aromatic rings. The first-order chi connectivity index (χ1) is 11.8. The van der Waals surface area contributed by atoms with Crippen LogP contribution in [0.15, 0.2) is 42.6 Å². The zero-order valence-electron chi connectivity index (χ0n) is 13.3. The molecule has 1 aliphatic rings. The molecule has 1 aromatic carbocycles. The van der Waals surface area contributed by atoms with Crippen LogP contribution in [0.3, 0.4) is 0 Å². The molecule has 1 fully saturated rings. The standard InChI is InChI=1S/C18H19FN4O/c19-15-3-1-2-14(10-15)18(23-6-8-24-9-7-23)13-22-16-4-5-21-17(11-16)12-20/h1-5,10-11,18H,6-9,13H2,(H,21,22)/t18-/m1/s1. The van der Waals surface area contributed by atoms with Gasteiger partial charge in [0.15, 0.2) is 0 Å². The summed E-state index contributed by atoms with van der Waals surface area (Å²) in [4.78, 5) is 6.26. The number of nitriles is 1. The van der Waals surface area contributed by atoms with Gasteiger partial charge in [0.2, 0.25) is 0 Å². The van der Waals surface area contributed by atoms with E-state index in [0.717, 1.165) is 24.3 Å². The molecule has 0 spiro atoms. The lowest BCUT2D eigenvalue weighted by molar-refractivity contribution is 0.0186. The fourth-order valence-electron chi connectivity index (χ4n) is 2.88. The number of hydrogen-bond acceptors (Lipinski definition) is 5. The molecule has 0 radical (unpaired) electrons. The van der Waals surface area contributed by atoms with Gasteiger partial charge in [0.1, 0.15) is 17.6 Å². The van der Waals surface area contributed by atoms with Crippen molar-refractivity contribution in [1.29, 1.82) is 5.26 Å². The van der Waals surface area contributed by atoms with Crippen molar-refractivity contribution in [3.63, 3.8) is 0 Å². The van der Waals surface area contributed by atoms with Crippen LogP contribution in [0, 0.1) is 17.1 Å². The lowest BCUT2D eigenvalue weighted by atomic mass is 10.0. The number of anilines is 1. The van der Waals surface area contributed by atoms with Gasteiger partial charge in [0.05, 0.1) is 19.3 Å². The van der Waals surface area contributed by atoms with Gasteiger partial charge in [-0.1, -0.05) is 12.1 Å². The number of morpholine rings is 1. The summed E-state index contributed by atoms with van der Waals surface area (Å²) in [5.74, 6) is -0.235. The first-order valence-electron chi connectivity index (χ1n) is 7.93. The number of ether oxygens (including phenoxy) is 1. The molecule has 1 N–H and O–H groups in total. The van der Waals surface area contributed by atoms with E-state index in [-0.39, 0.29) is 11.9 Å². The van der Waals surface area contributed by atoms with Crippen LogP contribution in [0.4, 0.5) is 10.1 Å². The van der Waals surface area contributed by atoms with Crippen molar-refractivity contribution < 1.29 is 9.13 Å². The highest BCUT2D eigenvalue weighted by atomic mass is 19.1. The van der Waals surface area contributed by atoms with E-state index in [1.165, 1.54) is 6.07 Å². The first-order valence-corrected chi connectivity index (χ1v) is 7.93. The molecule has 0 unspecified atom stereocenters. The van der Waals surface area contributed by atoms with E-state index in [1.54, 1.807) is 24.4 Å². The van der Waals surface area contributed by atoms with Crippen LogP contribution in [0.2, 0.25) is 0 Å². The smallest absolute Gasteiger partial charge is 0.142 e. The molecular formula is C18H19FN4O. The molecule has 5 nitrogen and oxygen atoms in total. The quantitative estimate of drug-likeness (QED) is 0.915. The van der Waals surface area contributed by atoms with Crippen LogP contribution in [0.1, 0.15) is 17.3 Å². The van der Waals surface area contributed by atoms with Gasteiger partial charge < -0.3 is 10.1 Å². The van der Waals surface area contributed by atoms with E-state index in [1.807, 2.05) is 18.2 Å². The molecule has 3 rings (SSSR count). The number of halogens is 1. The van der Waals surface area contributed by atoms with E-state index in [4.69, 9.17) is 10.00 Å². The molecule has 0 aliphatic carbocycles. The third-order valence-electron chi connectivity index (χ3n) is 4.09. The molecule has 0 bridgehead atoms. The van der Waals surface area contributed by atoms with Gasteiger partial charge in [-0.2, -0.15) is 5.26 Å². The Morgan fingerprint density at radius 1 is 1.29 bits per heavy atom. The molecule has 6 heteroatoms. The maximum Gasteiger partial charge on any atom is 0.142 e. The van der Waals surface area contributed by atoms with Gasteiger partial charge in [-0.15, -0.1) is 0 Å². The maximum atomic E-state index is 13.6. The van der Waals surface area contributed by atoms with Crippen molar-refractivity contribution in [3.05, 3.63) is 59.7 Å². The molecule has 1 atom stereocenters. The van der Waals surface area contributed by atoms with Crippen molar-refractivity contribution in [1.82, 2.24) is 9.88 Å². The van der Waals surface area contributed by atoms with Crippen molar-refractivity contribution in [3.8, 4) is 6.07 Å². The van der Waals surface area contributed by atoms with Crippen molar-refractivity contribution in [2.45, 2.75) is 6.04 Å². The molecule has 1 saturated heterocycles. The van der Waals surface area contributed by atoms with E-state index in [9.17, 15) is 4.39 Å². The summed E-state index contributed by atoms with van der Waals surface area (Å²) < 4.78 is 19.1. The van der Waals surface area contributed by atoms with E-state index < -0.39 is 0 Å². The number of hydrogen-bond donors (Lipinski definition) is 1. The molecule has 0 amide bonds. The van der Waals surface area contributed by atoms with Crippen LogP contribution in [-0.4, -0.2) is 42.7 Å². The lowest BCUT2D eigenvalue weighted by Crippen LogP contribution is -2.41. The lowest BCUT2D eigenvalue weighted by Gasteiger charge is -2.35. The number of nitrogens with one attached hydrogen (secondary N) is 1. The number of nitrogens with zero attached hydrogens (tertiary/aromatic N) is 3. The Hall–Kier alpha value is -2.49. The number of pyridine rings is 1. The average Bonchev–Trinajstić information content (AvgIpc) is 2.63. The predicted molar refractivity (Wildman–Crippen MR) is 89.0 cm³/mol. The van der Waals surface area contributed by atoms with Crippen LogP contribution in [0.25, 0.3) is 0 Å². The Labute approximate surface area is 140 Å². The summed E-state index contributed by atoms with van der Waals surface area (Å²) in [6.45, 7) is 3.59.